The molecule has 1 aliphatic rings. The zero-order valence-corrected chi connectivity index (χ0v) is 12.5. The van der Waals surface area contributed by atoms with Gasteiger partial charge in [-0.05, 0) is 24.8 Å². The minimum atomic E-state index is -2.02. The number of hydrogen-bond donors (Lipinski definition) is 5. The second-order valence-electron chi connectivity index (χ2n) is 5.19. The van der Waals surface area contributed by atoms with E-state index < -0.39 is 43.1 Å². The van der Waals surface area contributed by atoms with E-state index in [-0.39, 0.29) is 0 Å². The first kappa shape index (κ1) is 18.8. The third-order valence-corrected chi connectivity index (χ3v) is 3.52. The molecule has 1 aliphatic carbocycles. The molecule has 5 N–H and O–H groups in total. The summed E-state index contributed by atoms with van der Waals surface area (Å²) >= 11 is 0. The standard InChI is InChI=1S/C15H24O7/c1-2-11(9-6-4-3-5-7-9)22-15(21)14(20)13(19)12(18)10(17)8-16/h4,6-7,10-14,16-20H,2-3,5,8H2,1H3/t10?,11-,12?,13?,14?/m1/s1. The fraction of sp³-hybridized carbons (Fsp3) is 0.667. The summed E-state index contributed by atoms with van der Waals surface area (Å²) in [5.74, 6) is -1.09. The maximum Gasteiger partial charge on any atom is 0.338 e. The van der Waals surface area contributed by atoms with Crippen LogP contribution in [0, 0.1) is 0 Å². The molecule has 0 bridgehead atoms. The number of esters is 1. The van der Waals surface area contributed by atoms with Gasteiger partial charge in [0.1, 0.15) is 24.4 Å². The van der Waals surface area contributed by atoms with Gasteiger partial charge in [-0.3, -0.25) is 0 Å². The van der Waals surface area contributed by atoms with Crippen molar-refractivity contribution in [1.29, 1.82) is 0 Å². The molecule has 0 saturated heterocycles. The van der Waals surface area contributed by atoms with Crippen molar-refractivity contribution in [3.05, 3.63) is 23.8 Å². The van der Waals surface area contributed by atoms with E-state index in [0.717, 1.165) is 18.4 Å². The largest absolute Gasteiger partial charge is 0.456 e. The molecule has 7 nitrogen and oxygen atoms in total. The van der Waals surface area contributed by atoms with Crippen molar-refractivity contribution in [1.82, 2.24) is 0 Å². The second kappa shape index (κ2) is 9.02. The molecule has 0 aromatic carbocycles. The van der Waals surface area contributed by atoms with E-state index >= 15 is 0 Å². The summed E-state index contributed by atoms with van der Waals surface area (Å²) < 4.78 is 5.16. The van der Waals surface area contributed by atoms with E-state index in [9.17, 15) is 25.2 Å². The van der Waals surface area contributed by atoms with Crippen LogP contribution in [-0.2, 0) is 9.53 Å². The molecule has 5 atom stereocenters. The molecule has 0 amide bonds. The first-order valence-corrected chi connectivity index (χ1v) is 7.32. The normalized spacial score (nSPS) is 21.5. The van der Waals surface area contributed by atoms with Crippen LogP contribution in [0.25, 0.3) is 0 Å². The van der Waals surface area contributed by atoms with Crippen LogP contribution >= 0.6 is 0 Å². The van der Waals surface area contributed by atoms with Gasteiger partial charge in [-0.1, -0.05) is 25.2 Å². The molecular weight excluding hydrogens is 292 g/mol. The minimum absolute atomic E-state index is 0.493. The molecule has 7 heteroatoms. The Hall–Kier alpha value is -1.25. The lowest BCUT2D eigenvalue weighted by Crippen LogP contribution is -2.49. The van der Waals surface area contributed by atoms with Gasteiger partial charge in [0.05, 0.1) is 6.61 Å². The number of allylic oxidation sites excluding steroid dienone is 2. The van der Waals surface area contributed by atoms with E-state index in [1.54, 1.807) is 0 Å². The Morgan fingerprint density at radius 1 is 1.23 bits per heavy atom. The number of hydrogen-bond acceptors (Lipinski definition) is 7. The van der Waals surface area contributed by atoms with Crippen LogP contribution in [0.5, 0.6) is 0 Å². The van der Waals surface area contributed by atoms with Crippen LogP contribution in [0.15, 0.2) is 23.8 Å². The monoisotopic (exact) mass is 316 g/mol. The molecule has 0 aromatic heterocycles. The van der Waals surface area contributed by atoms with Gasteiger partial charge >= 0.3 is 5.97 Å². The fourth-order valence-electron chi connectivity index (χ4n) is 2.13. The smallest absolute Gasteiger partial charge is 0.338 e. The molecule has 0 fully saturated rings. The lowest BCUT2D eigenvalue weighted by atomic mass is 10.00. The van der Waals surface area contributed by atoms with Crippen LogP contribution in [0.1, 0.15) is 26.2 Å². The number of carbonyl (C=O) groups is 1. The van der Waals surface area contributed by atoms with Crippen molar-refractivity contribution < 1.29 is 35.1 Å². The zero-order chi connectivity index (χ0) is 16.7. The number of aliphatic hydroxyl groups is 5. The molecule has 4 unspecified atom stereocenters. The maximum atomic E-state index is 11.9. The van der Waals surface area contributed by atoms with Gasteiger partial charge < -0.3 is 30.3 Å². The summed E-state index contributed by atoms with van der Waals surface area (Å²) in [6.45, 7) is 1.00. The number of rotatable bonds is 8. The summed E-state index contributed by atoms with van der Waals surface area (Å²) in [5, 5.41) is 46.8. The number of ether oxygens (including phenoxy) is 1. The Kier molecular flexibility index (Phi) is 7.70. The third kappa shape index (κ3) is 4.89. The predicted molar refractivity (Wildman–Crippen MR) is 77.7 cm³/mol. The number of aliphatic hydroxyl groups excluding tert-OH is 5. The summed E-state index contributed by atoms with van der Waals surface area (Å²) in [4.78, 5) is 11.9. The lowest BCUT2D eigenvalue weighted by Gasteiger charge is -2.26. The highest BCUT2D eigenvalue weighted by Gasteiger charge is 2.36. The van der Waals surface area contributed by atoms with Crippen LogP contribution in [0.3, 0.4) is 0 Å². The SMILES string of the molecule is CC[C@@H](OC(=O)C(O)C(O)C(O)C(O)CO)C1=CCCC=C1. The van der Waals surface area contributed by atoms with Crippen molar-refractivity contribution in [2.45, 2.75) is 56.7 Å². The molecule has 0 saturated carbocycles. The average Bonchev–Trinajstić information content (AvgIpc) is 2.57. The van der Waals surface area contributed by atoms with Crippen LogP contribution in [0.2, 0.25) is 0 Å². The predicted octanol–water partition coefficient (Wildman–Crippen LogP) is -0.980. The minimum Gasteiger partial charge on any atom is -0.456 e. The Morgan fingerprint density at radius 3 is 2.41 bits per heavy atom. The molecule has 0 radical (unpaired) electrons. The first-order valence-electron chi connectivity index (χ1n) is 7.32. The van der Waals surface area contributed by atoms with E-state index in [0.29, 0.717) is 6.42 Å². The molecule has 0 heterocycles. The highest BCUT2D eigenvalue weighted by molar-refractivity contribution is 5.75. The second-order valence-corrected chi connectivity index (χ2v) is 5.19. The topological polar surface area (TPSA) is 127 Å². The molecule has 22 heavy (non-hydrogen) atoms. The highest BCUT2D eigenvalue weighted by atomic mass is 16.6. The molecule has 0 aliphatic heterocycles. The summed E-state index contributed by atoms with van der Waals surface area (Å²) in [7, 11) is 0. The summed E-state index contributed by atoms with van der Waals surface area (Å²) in [6.07, 6.45) is -0.0536. The van der Waals surface area contributed by atoms with Gasteiger partial charge in [0.25, 0.3) is 0 Å². The molecule has 126 valence electrons. The van der Waals surface area contributed by atoms with E-state index in [2.05, 4.69) is 0 Å². The van der Waals surface area contributed by atoms with Crippen LogP contribution in [-0.4, -0.2) is 68.6 Å². The molecule has 0 spiro atoms. The third-order valence-electron chi connectivity index (χ3n) is 3.52. The Bertz CT molecular complexity index is 418. The van der Waals surface area contributed by atoms with Gasteiger partial charge in [0.15, 0.2) is 6.10 Å². The fourth-order valence-corrected chi connectivity index (χ4v) is 2.13. The first-order chi connectivity index (χ1) is 10.4. The Morgan fingerprint density at radius 2 is 1.91 bits per heavy atom. The van der Waals surface area contributed by atoms with Gasteiger partial charge in [-0.15, -0.1) is 0 Å². The van der Waals surface area contributed by atoms with E-state index in [4.69, 9.17) is 9.84 Å². The van der Waals surface area contributed by atoms with Crippen LogP contribution in [0.4, 0.5) is 0 Å². The van der Waals surface area contributed by atoms with E-state index in [1.807, 2.05) is 25.2 Å². The Balaban J connectivity index is 2.65. The maximum absolute atomic E-state index is 11.9. The van der Waals surface area contributed by atoms with Gasteiger partial charge in [-0.2, -0.15) is 0 Å². The van der Waals surface area contributed by atoms with Crippen molar-refractivity contribution in [3.8, 4) is 0 Å². The number of carbonyl (C=O) groups excluding carboxylic acids is 1. The summed E-state index contributed by atoms with van der Waals surface area (Å²) in [6, 6.07) is 0. The zero-order valence-electron chi connectivity index (χ0n) is 12.5. The van der Waals surface area contributed by atoms with Crippen molar-refractivity contribution in [2.75, 3.05) is 6.61 Å². The van der Waals surface area contributed by atoms with Gasteiger partial charge in [0, 0.05) is 0 Å². The molecule has 0 aromatic rings. The quantitative estimate of drug-likeness (QED) is 0.364. The summed E-state index contributed by atoms with van der Waals surface area (Å²) in [5.41, 5.74) is 0.819. The van der Waals surface area contributed by atoms with Crippen molar-refractivity contribution in [3.63, 3.8) is 0 Å². The van der Waals surface area contributed by atoms with Gasteiger partial charge in [0.2, 0.25) is 0 Å². The Labute approximate surface area is 129 Å². The highest BCUT2D eigenvalue weighted by Crippen LogP contribution is 2.19. The molecular formula is C15H24O7. The van der Waals surface area contributed by atoms with E-state index in [1.165, 1.54) is 0 Å². The molecule has 1 rings (SSSR count). The van der Waals surface area contributed by atoms with Crippen molar-refractivity contribution >= 4 is 5.97 Å². The average molecular weight is 316 g/mol. The van der Waals surface area contributed by atoms with Gasteiger partial charge in [-0.25, -0.2) is 4.79 Å². The van der Waals surface area contributed by atoms with Crippen LogP contribution < -0.4 is 0 Å². The lowest BCUT2D eigenvalue weighted by molar-refractivity contribution is -0.173. The van der Waals surface area contributed by atoms with Crippen molar-refractivity contribution in [2.24, 2.45) is 0 Å².